The van der Waals surface area contributed by atoms with Crippen LogP contribution in [0.1, 0.15) is 43.5 Å². The largest absolute Gasteiger partial charge is 0.316 e. The van der Waals surface area contributed by atoms with Crippen molar-refractivity contribution in [2.24, 2.45) is 5.92 Å². The highest BCUT2D eigenvalue weighted by molar-refractivity contribution is 9.13. The Bertz CT molecular complexity index is 403. The monoisotopic (exact) mass is 422 g/mol. The zero-order chi connectivity index (χ0) is 14.5. The SMILES string of the molecule is CCCNCC1CCCCN(C)C1c1cc(Br)c(Br)s1. The number of thiophene rings is 1. The highest BCUT2D eigenvalue weighted by Gasteiger charge is 2.30. The zero-order valence-corrected chi connectivity index (χ0v) is 16.3. The van der Waals surface area contributed by atoms with Crippen molar-refractivity contribution in [1.29, 1.82) is 0 Å². The standard InChI is InChI=1S/C15H24Br2N2S/c1-3-7-18-10-11-6-4-5-8-19(2)14(11)13-9-12(16)15(17)20-13/h9,11,14,18H,3-8,10H2,1-2H3. The van der Waals surface area contributed by atoms with E-state index in [9.17, 15) is 0 Å². The van der Waals surface area contributed by atoms with Gasteiger partial charge in [0.2, 0.25) is 0 Å². The van der Waals surface area contributed by atoms with Gasteiger partial charge in [0.05, 0.1) is 3.79 Å². The summed E-state index contributed by atoms with van der Waals surface area (Å²) < 4.78 is 2.40. The maximum atomic E-state index is 3.64. The highest BCUT2D eigenvalue weighted by atomic mass is 79.9. The molecule has 2 atom stereocenters. The minimum absolute atomic E-state index is 0.550. The molecule has 1 aromatic heterocycles. The first-order valence-corrected chi connectivity index (χ1v) is 9.89. The van der Waals surface area contributed by atoms with Gasteiger partial charge in [0.1, 0.15) is 0 Å². The highest BCUT2D eigenvalue weighted by Crippen LogP contribution is 2.42. The second-order valence-electron chi connectivity index (χ2n) is 5.66. The fraction of sp³-hybridized carbons (Fsp3) is 0.733. The number of nitrogens with zero attached hydrogens (tertiary/aromatic N) is 1. The van der Waals surface area contributed by atoms with Gasteiger partial charge in [-0.15, -0.1) is 11.3 Å². The van der Waals surface area contributed by atoms with Crippen molar-refractivity contribution < 1.29 is 0 Å². The molecule has 1 aromatic rings. The van der Waals surface area contributed by atoms with Crippen LogP contribution in [0.15, 0.2) is 14.3 Å². The lowest BCUT2D eigenvalue weighted by Gasteiger charge is -2.32. The Morgan fingerprint density at radius 3 is 2.85 bits per heavy atom. The van der Waals surface area contributed by atoms with Crippen LogP contribution in [-0.2, 0) is 0 Å². The third-order valence-corrected chi connectivity index (χ3v) is 7.37. The summed E-state index contributed by atoms with van der Waals surface area (Å²) in [6.07, 6.45) is 5.22. The number of halogens is 2. The van der Waals surface area contributed by atoms with Crippen LogP contribution in [0.25, 0.3) is 0 Å². The van der Waals surface area contributed by atoms with E-state index >= 15 is 0 Å². The van der Waals surface area contributed by atoms with Crippen molar-refractivity contribution in [2.75, 3.05) is 26.7 Å². The molecule has 2 nitrogen and oxygen atoms in total. The van der Waals surface area contributed by atoms with E-state index in [1.54, 1.807) is 0 Å². The summed E-state index contributed by atoms with van der Waals surface area (Å²) in [5, 5.41) is 3.63. The van der Waals surface area contributed by atoms with Crippen LogP contribution in [0.5, 0.6) is 0 Å². The lowest BCUT2D eigenvalue weighted by atomic mass is 9.93. The molecule has 20 heavy (non-hydrogen) atoms. The second-order valence-corrected chi connectivity index (χ2v) is 8.91. The number of rotatable bonds is 5. The van der Waals surface area contributed by atoms with Gasteiger partial charge >= 0.3 is 0 Å². The molecule has 1 fully saturated rings. The lowest BCUT2D eigenvalue weighted by Crippen LogP contribution is -2.34. The van der Waals surface area contributed by atoms with E-state index in [2.05, 4.69) is 62.1 Å². The molecule has 0 amide bonds. The molecule has 1 saturated heterocycles. The minimum atomic E-state index is 0.550. The molecular weight excluding hydrogens is 400 g/mol. The van der Waals surface area contributed by atoms with Crippen LogP contribution in [-0.4, -0.2) is 31.6 Å². The maximum Gasteiger partial charge on any atom is 0.0843 e. The Balaban J connectivity index is 2.16. The van der Waals surface area contributed by atoms with Crippen molar-refractivity contribution in [1.82, 2.24) is 10.2 Å². The van der Waals surface area contributed by atoms with Crippen molar-refractivity contribution >= 4 is 43.2 Å². The predicted molar refractivity (Wildman–Crippen MR) is 95.6 cm³/mol. The quantitative estimate of drug-likeness (QED) is 0.666. The van der Waals surface area contributed by atoms with Crippen molar-refractivity contribution in [3.63, 3.8) is 0 Å². The van der Waals surface area contributed by atoms with E-state index in [1.807, 2.05) is 11.3 Å². The summed E-state index contributed by atoms with van der Waals surface area (Å²) in [4.78, 5) is 4.03. The summed E-state index contributed by atoms with van der Waals surface area (Å²) in [7, 11) is 2.28. The average molecular weight is 424 g/mol. The topological polar surface area (TPSA) is 15.3 Å². The molecule has 0 bridgehead atoms. The molecule has 2 unspecified atom stereocenters. The first-order chi connectivity index (χ1) is 9.63. The average Bonchev–Trinajstić information content (AvgIpc) is 2.63. The number of likely N-dealkylation sites (tertiary alicyclic amines) is 1. The van der Waals surface area contributed by atoms with Gasteiger partial charge in [-0.05, 0) is 89.8 Å². The molecule has 2 heterocycles. The summed E-state index contributed by atoms with van der Waals surface area (Å²) >= 11 is 9.16. The van der Waals surface area contributed by atoms with Gasteiger partial charge in [0, 0.05) is 15.4 Å². The molecule has 0 saturated carbocycles. The number of nitrogens with one attached hydrogen (secondary N) is 1. The van der Waals surface area contributed by atoms with Gasteiger partial charge in [-0.3, -0.25) is 4.90 Å². The number of hydrogen-bond acceptors (Lipinski definition) is 3. The van der Waals surface area contributed by atoms with Gasteiger partial charge in [-0.25, -0.2) is 0 Å². The Labute approximate surface area is 143 Å². The normalized spacial score (nSPS) is 24.8. The first kappa shape index (κ1) is 16.9. The fourth-order valence-electron chi connectivity index (χ4n) is 3.06. The van der Waals surface area contributed by atoms with Gasteiger partial charge in [0.15, 0.2) is 0 Å². The summed E-state index contributed by atoms with van der Waals surface area (Å²) in [6.45, 7) is 5.71. The summed E-state index contributed by atoms with van der Waals surface area (Å²) in [5.41, 5.74) is 0. The van der Waals surface area contributed by atoms with E-state index in [0.29, 0.717) is 12.0 Å². The number of hydrogen-bond donors (Lipinski definition) is 1. The van der Waals surface area contributed by atoms with Gasteiger partial charge < -0.3 is 5.32 Å². The molecule has 5 heteroatoms. The molecule has 1 aliphatic rings. The fourth-order valence-corrected chi connectivity index (χ4v) is 5.41. The molecule has 1 N–H and O–H groups in total. The van der Waals surface area contributed by atoms with Gasteiger partial charge in [0.25, 0.3) is 0 Å². The lowest BCUT2D eigenvalue weighted by molar-refractivity contribution is 0.192. The Morgan fingerprint density at radius 1 is 1.40 bits per heavy atom. The van der Waals surface area contributed by atoms with Gasteiger partial charge in [-0.2, -0.15) is 0 Å². The van der Waals surface area contributed by atoms with E-state index in [0.717, 1.165) is 13.1 Å². The van der Waals surface area contributed by atoms with Crippen LogP contribution in [0.2, 0.25) is 0 Å². The Hall–Kier alpha value is 0.580. The molecule has 0 radical (unpaired) electrons. The molecule has 0 aromatic carbocycles. The van der Waals surface area contributed by atoms with E-state index in [-0.39, 0.29) is 0 Å². The molecule has 1 aliphatic heterocycles. The van der Waals surface area contributed by atoms with Crippen LogP contribution < -0.4 is 5.32 Å². The molecule has 2 rings (SSSR count). The van der Waals surface area contributed by atoms with Crippen molar-refractivity contribution in [3.8, 4) is 0 Å². The van der Waals surface area contributed by atoms with Crippen LogP contribution in [0.3, 0.4) is 0 Å². The third-order valence-electron chi connectivity index (χ3n) is 4.05. The van der Waals surface area contributed by atoms with E-state index in [4.69, 9.17) is 0 Å². The third kappa shape index (κ3) is 4.29. The van der Waals surface area contributed by atoms with Crippen LogP contribution in [0.4, 0.5) is 0 Å². The van der Waals surface area contributed by atoms with E-state index in [1.165, 1.54) is 45.4 Å². The zero-order valence-electron chi connectivity index (χ0n) is 12.3. The smallest absolute Gasteiger partial charge is 0.0843 e. The maximum absolute atomic E-state index is 3.64. The van der Waals surface area contributed by atoms with E-state index < -0.39 is 0 Å². The van der Waals surface area contributed by atoms with Gasteiger partial charge in [-0.1, -0.05) is 13.3 Å². The molecular formula is C15H24Br2N2S. The predicted octanol–water partition coefficient (Wildman–Crippen LogP) is 5.05. The van der Waals surface area contributed by atoms with Crippen LogP contribution >= 0.6 is 43.2 Å². The summed E-state index contributed by atoms with van der Waals surface area (Å²) in [5.74, 6) is 0.714. The molecule has 114 valence electrons. The van der Waals surface area contributed by atoms with Crippen molar-refractivity contribution in [2.45, 2.75) is 38.6 Å². The first-order valence-electron chi connectivity index (χ1n) is 7.49. The Morgan fingerprint density at radius 2 is 2.20 bits per heavy atom. The summed E-state index contributed by atoms with van der Waals surface area (Å²) in [6, 6.07) is 2.85. The minimum Gasteiger partial charge on any atom is -0.316 e. The van der Waals surface area contributed by atoms with Crippen molar-refractivity contribution in [3.05, 3.63) is 19.2 Å². The molecule has 0 spiro atoms. The molecule has 0 aliphatic carbocycles. The second kappa shape index (κ2) is 8.28. The Kier molecular flexibility index (Phi) is 7.01. The van der Waals surface area contributed by atoms with Crippen LogP contribution in [0, 0.1) is 5.92 Å².